The Labute approximate surface area is 259 Å². The van der Waals surface area contributed by atoms with Crippen LogP contribution in [-0.4, -0.2) is 74.0 Å². The van der Waals surface area contributed by atoms with Gasteiger partial charge >= 0.3 is 12.1 Å². The van der Waals surface area contributed by atoms with E-state index < -0.39 is 54.1 Å². The second-order valence-corrected chi connectivity index (χ2v) is 11.1. The van der Waals surface area contributed by atoms with Crippen molar-refractivity contribution in [2.75, 3.05) is 45.3 Å². The van der Waals surface area contributed by atoms with Crippen LogP contribution in [0.5, 0.6) is 5.75 Å². The summed E-state index contributed by atoms with van der Waals surface area (Å²) in [4.78, 5) is 52.6. The third kappa shape index (κ3) is 5.68. The molecule has 12 nitrogen and oxygen atoms in total. The number of rotatable bonds is 7. The highest BCUT2D eigenvalue weighted by Gasteiger charge is 2.46. The number of hydrogen-bond acceptors (Lipinski definition) is 11. The standard InChI is InChI=1S/C30H27F2N3O9S/c1-40-24(37)9-12-42-30(39)44-16-43-28-21(36)8-10-34-27(28)29(38)33-11-13-41-14-23(33)35(34)26-17-6-7-20(31)25(32)19(17)15-45-22-5-3-2-4-18(22)26/h2-8,10,23,26H,9,11-16H2,1H3/t23-,26+/m1/s1. The summed E-state index contributed by atoms with van der Waals surface area (Å²) < 4.78 is 56.8. The lowest BCUT2D eigenvalue weighted by Gasteiger charge is -2.51. The molecule has 1 saturated heterocycles. The number of halogens is 2. The summed E-state index contributed by atoms with van der Waals surface area (Å²) in [7, 11) is 1.19. The minimum Gasteiger partial charge on any atom is -0.469 e. The Kier molecular flexibility index (Phi) is 8.63. The van der Waals surface area contributed by atoms with Crippen LogP contribution in [0.4, 0.5) is 13.6 Å². The molecule has 2 atom stereocenters. The first-order valence-corrected chi connectivity index (χ1v) is 14.9. The van der Waals surface area contributed by atoms with E-state index in [1.54, 1.807) is 5.01 Å². The zero-order valence-corrected chi connectivity index (χ0v) is 24.7. The average Bonchev–Trinajstić information content (AvgIpc) is 3.21. The summed E-state index contributed by atoms with van der Waals surface area (Å²) in [6.45, 7) is -0.567. The largest absolute Gasteiger partial charge is 0.511 e. The number of methoxy groups -OCH3 is 1. The maximum Gasteiger partial charge on any atom is 0.511 e. The number of morpholine rings is 1. The van der Waals surface area contributed by atoms with E-state index in [1.807, 2.05) is 24.3 Å². The van der Waals surface area contributed by atoms with Crippen molar-refractivity contribution in [1.82, 2.24) is 9.58 Å². The molecule has 0 radical (unpaired) electrons. The van der Waals surface area contributed by atoms with E-state index in [2.05, 4.69) is 4.74 Å². The quantitative estimate of drug-likeness (QED) is 0.278. The maximum absolute atomic E-state index is 15.3. The van der Waals surface area contributed by atoms with Crippen LogP contribution in [0, 0.1) is 11.6 Å². The molecule has 0 N–H and O–H groups in total. The molecule has 236 valence electrons. The molecule has 3 aromatic rings. The number of ether oxygens (including phenoxy) is 5. The lowest BCUT2D eigenvalue weighted by Crippen LogP contribution is -2.66. The number of esters is 1. The molecule has 45 heavy (non-hydrogen) atoms. The van der Waals surface area contributed by atoms with Gasteiger partial charge in [0.15, 0.2) is 17.3 Å². The van der Waals surface area contributed by atoms with Crippen LogP contribution >= 0.6 is 11.8 Å². The van der Waals surface area contributed by atoms with Gasteiger partial charge in [-0.05, 0) is 23.3 Å². The summed E-state index contributed by atoms with van der Waals surface area (Å²) in [5.74, 6) is -3.27. The van der Waals surface area contributed by atoms with Crippen molar-refractivity contribution in [2.45, 2.75) is 29.3 Å². The van der Waals surface area contributed by atoms with Gasteiger partial charge in [-0.1, -0.05) is 24.3 Å². The van der Waals surface area contributed by atoms with Gasteiger partial charge in [-0.3, -0.25) is 24.1 Å². The van der Waals surface area contributed by atoms with E-state index in [9.17, 15) is 23.6 Å². The molecular formula is C30H27F2N3O9S. The minimum absolute atomic E-state index is 0.0961. The fourth-order valence-electron chi connectivity index (χ4n) is 5.61. The molecule has 2 aromatic carbocycles. The number of hydrogen-bond donors (Lipinski definition) is 0. The lowest BCUT2D eigenvalue weighted by molar-refractivity contribution is -0.141. The van der Waals surface area contributed by atoms with Crippen molar-refractivity contribution in [3.8, 4) is 5.75 Å². The Morgan fingerprint density at radius 1 is 1.07 bits per heavy atom. The van der Waals surface area contributed by atoms with Crippen LogP contribution in [0.3, 0.4) is 0 Å². The van der Waals surface area contributed by atoms with Gasteiger partial charge in [-0.2, -0.15) is 0 Å². The molecule has 0 unspecified atom stereocenters. The summed E-state index contributed by atoms with van der Waals surface area (Å²) in [6, 6.07) is 10.5. The predicted molar refractivity (Wildman–Crippen MR) is 153 cm³/mol. The van der Waals surface area contributed by atoms with Crippen molar-refractivity contribution in [1.29, 1.82) is 0 Å². The Morgan fingerprint density at radius 3 is 2.71 bits per heavy atom. The fourth-order valence-corrected chi connectivity index (χ4v) is 6.72. The third-order valence-corrected chi connectivity index (χ3v) is 8.78. The first-order chi connectivity index (χ1) is 21.8. The number of carbonyl (C=O) groups is 3. The van der Waals surface area contributed by atoms with Crippen molar-refractivity contribution in [3.63, 3.8) is 0 Å². The van der Waals surface area contributed by atoms with Gasteiger partial charge in [-0.25, -0.2) is 13.6 Å². The van der Waals surface area contributed by atoms with Crippen molar-refractivity contribution >= 4 is 29.8 Å². The summed E-state index contributed by atoms with van der Waals surface area (Å²) in [5.41, 5.74) is 0.629. The van der Waals surface area contributed by atoms with E-state index in [0.717, 1.165) is 16.5 Å². The fraction of sp³-hybridized carbons (Fsp3) is 0.333. The molecule has 3 aliphatic rings. The molecule has 3 aliphatic heterocycles. The Morgan fingerprint density at radius 2 is 1.89 bits per heavy atom. The van der Waals surface area contributed by atoms with Crippen LogP contribution < -0.4 is 15.2 Å². The monoisotopic (exact) mass is 643 g/mol. The van der Waals surface area contributed by atoms with E-state index in [-0.39, 0.29) is 55.5 Å². The second-order valence-electron chi connectivity index (χ2n) is 10.1. The first-order valence-electron chi connectivity index (χ1n) is 13.9. The molecule has 0 aliphatic carbocycles. The number of fused-ring (bicyclic) bond motifs is 4. The number of thioether (sulfide) groups is 1. The second kappa shape index (κ2) is 12.8. The van der Waals surface area contributed by atoms with Gasteiger partial charge in [0.05, 0.1) is 32.8 Å². The maximum atomic E-state index is 15.3. The van der Waals surface area contributed by atoms with E-state index in [4.69, 9.17) is 18.9 Å². The average molecular weight is 644 g/mol. The molecule has 15 heteroatoms. The van der Waals surface area contributed by atoms with Crippen LogP contribution in [-0.2, 0) is 29.5 Å². The van der Waals surface area contributed by atoms with Gasteiger partial charge in [-0.15, -0.1) is 11.8 Å². The van der Waals surface area contributed by atoms with Gasteiger partial charge < -0.3 is 28.6 Å². The molecular weight excluding hydrogens is 616 g/mol. The highest BCUT2D eigenvalue weighted by Crippen LogP contribution is 2.45. The molecule has 1 amide bonds. The molecule has 6 rings (SSSR count). The Hall–Kier alpha value is -4.63. The normalized spacial score (nSPS) is 18.5. The van der Waals surface area contributed by atoms with Crippen molar-refractivity contribution in [3.05, 3.63) is 92.9 Å². The van der Waals surface area contributed by atoms with E-state index in [0.29, 0.717) is 5.56 Å². The van der Waals surface area contributed by atoms with E-state index >= 15 is 4.39 Å². The predicted octanol–water partition coefficient (Wildman–Crippen LogP) is 3.32. The minimum atomic E-state index is -1.16. The van der Waals surface area contributed by atoms with Crippen LogP contribution in [0.25, 0.3) is 0 Å². The highest BCUT2D eigenvalue weighted by atomic mass is 32.2. The third-order valence-electron chi connectivity index (χ3n) is 7.67. The molecule has 4 heterocycles. The Balaban J connectivity index is 1.41. The van der Waals surface area contributed by atoms with E-state index in [1.165, 1.54) is 46.8 Å². The van der Waals surface area contributed by atoms with Gasteiger partial charge in [0.1, 0.15) is 12.8 Å². The zero-order chi connectivity index (χ0) is 31.7. The zero-order valence-electron chi connectivity index (χ0n) is 23.9. The van der Waals surface area contributed by atoms with Gasteiger partial charge in [0, 0.05) is 35.0 Å². The first kappa shape index (κ1) is 30.4. The molecule has 1 aromatic heterocycles. The van der Waals surface area contributed by atoms with Crippen molar-refractivity contribution < 1.29 is 46.8 Å². The molecule has 0 bridgehead atoms. The van der Waals surface area contributed by atoms with Gasteiger partial charge in [0.2, 0.25) is 18.0 Å². The van der Waals surface area contributed by atoms with Crippen molar-refractivity contribution in [2.24, 2.45) is 0 Å². The van der Waals surface area contributed by atoms with Crippen LogP contribution in [0.15, 0.2) is 58.4 Å². The number of carbonyl (C=O) groups excluding carboxylic acids is 3. The summed E-state index contributed by atoms with van der Waals surface area (Å²) in [6.07, 6.45) is -0.634. The van der Waals surface area contributed by atoms with Crippen LogP contribution in [0.1, 0.15) is 39.6 Å². The van der Waals surface area contributed by atoms with Crippen LogP contribution in [0.2, 0.25) is 0 Å². The summed E-state index contributed by atoms with van der Waals surface area (Å²) in [5, 5.41) is 1.80. The number of amides is 1. The lowest BCUT2D eigenvalue weighted by atomic mass is 9.93. The highest BCUT2D eigenvalue weighted by molar-refractivity contribution is 7.98. The number of aromatic nitrogens is 1. The molecule has 1 fully saturated rings. The SMILES string of the molecule is COC(=O)CCOC(=O)OCOc1c2n(ccc1=O)N([C@@H]1c3ccccc3SCc3c1ccc(F)c3F)[C@@H]1COCCN1C2=O. The topological polar surface area (TPSA) is 126 Å². The smallest absolute Gasteiger partial charge is 0.469 e. The Bertz CT molecular complexity index is 1720. The molecule has 0 spiro atoms. The molecule has 0 saturated carbocycles. The number of benzene rings is 2. The number of pyridine rings is 1. The number of nitrogens with zero attached hydrogens (tertiary/aromatic N) is 3. The summed E-state index contributed by atoms with van der Waals surface area (Å²) >= 11 is 1.37. The van der Waals surface area contributed by atoms with Gasteiger partial charge in [0.25, 0.3) is 5.91 Å².